The Bertz CT molecular complexity index is 2180. The zero-order valence-electron chi connectivity index (χ0n) is 44.4. The first kappa shape index (κ1) is 59.7. The number of likely N-dealkylation sites (N-methyl/N-ethyl adjacent to an activating group) is 2. The number of carbonyl (C=O) groups is 8. The molecule has 1 aromatic heterocycles. The van der Waals surface area contributed by atoms with Crippen molar-refractivity contribution in [1.82, 2.24) is 36.1 Å². The van der Waals surface area contributed by atoms with Crippen molar-refractivity contribution >= 4 is 64.6 Å². The largest absolute Gasteiger partial charge is 0.481 e. The van der Waals surface area contributed by atoms with E-state index in [0.29, 0.717) is 23.5 Å². The van der Waals surface area contributed by atoms with Gasteiger partial charge in [0.25, 0.3) is 5.91 Å². The van der Waals surface area contributed by atoms with Gasteiger partial charge < -0.3 is 46.1 Å². The summed E-state index contributed by atoms with van der Waals surface area (Å²) in [5, 5.41) is 25.7. The van der Waals surface area contributed by atoms with Gasteiger partial charge in [-0.2, -0.15) is 0 Å². The lowest BCUT2D eigenvalue weighted by atomic mass is 9.91. The molecule has 71 heavy (non-hydrogen) atoms. The highest BCUT2D eigenvalue weighted by molar-refractivity contribution is 7.09. The second kappa shape index (κ2) is 26.2. The molecule has 20 heteroatoms. The maximum Gasteiger partial charge on any atom is 0.408 e. The summed E-state index contributed by atoms with van der Waals surface area (Å²) in [6.07, 6.45) is 0.987. The Morgan fingerprint density at radius 3 is 2.04 bits per heavy atom. The number of nitrogens with one attached hydrogen (secondary N) is 5. The number of thiazole rings is 1. The van der Waals surface area contributed by atoms with Crippen LogP contribution >= 0.6 is 11.3 Å². The van der Waals surface area contributed by atoms with Gasteiger partial charge in [0.15, 0.2) is 6.10 Å². The molecule has 0 spiro atoms. The summed E-state index contributed by atoms with van der Waals surface area (Å²) in [6, 6.07) is 2.90. The minimum absolute atomic E-state index is 0.0326. The standard InChI is InChI=1S/C51H80N8O11S/c1-16-30(6)41(56-48(67)51(13)22-17-23-58(51)14)46(64)59(15)38(28(2)3)26-39(69-33(9)60)45-55-37(27-71-45)43(62)54-36(24-31(7)47(65)66)25-34-18-20-35(21-19-34)53-42(61)32(8)52-44(63)40(29(4)5)57-49(68)70-50(10,11)12/h18-21,27-32,36,38-41H,16-17,22-26H2,1-15H3,(H,52,63)(H,53,61)(H,54,62)(H,56,67)(H,57,68)(H,65,66)/t30-,31-,32-,36+,38+,39+,40-,41-,51+/m0/s1. The summed E-state index contributed by atoms with van der Waals surface area (Å²) in [5.41, 5.74) is -0.319. The third-order valence-corrected chi connectivity index (χ3v) is 14.1. The highest BCUT2D eigenvalue weighted by atomic mass is 32.1. The van der Waals surface area contributed by atoms with Crippen LogP contribution in [0, 0.1) is 23.7 Å². The van der Waals surface area contributed by atoms with Crippen molar-refractivity contribution in [3.8, 4) is 0 Å². The molecule has 6 amide bonds. The monoisotopic (exact) mass is 1010 g/mol. The first-order valence-corrected chi connectivity index (χ1v) is 25.5. The Kier molecular flexibility index (Phi) is 22.0. The number of rotatable bonds is 24. The van der Waals surface area contributed by atoms with Crippen LogP contribution in [0.25, 0.3) is 0 Å². The van der Waals surface area contributed by atoms with Crippen LogP contribution in [-0.2, 0) is 44.7 Å². The minimum atomic E-state index is -1.04. The highest BCUT2D eigenvalue weighted by Gasteiger charge is 2.44. The molecule has 0 radical (unpaired) electrons. The van der Waals surface area contributed by atoms with Crippen molar-refractivity contribution in [3.05, 3.63) is 45.9 Å². The Balaban J connectivity index is 1.76. The SMILES string of the molecule is CC[C@H](C)[C@H](NC(=O)[C@@]1(C)CCCN1C)C(=O)N(C)[C@H](C[C@@H](OC(C)=O)c1nc(C(=O)N[C@@H](Cc2ccc(NC(=O)[C@H](C)NC(=O)[C@@H](NC(=O)OC(C)(C)C)C(C)C)cc2)C[C@H](C)C(=O)O)cs1)C(C)C. The number of alkyl carbamates (subject to hydrolysis) is 1. The van der Waals surface area contributed by atoms with Crippen molar-refractivity contribution < 1.29 is 52.9 Å². The number of ether oxygens (including phenoxy) is 2. The Labute approximate surface area is 423 Å². The maximum atomic E-state index is 14.4. The normalized spacial score (nSPS) is 18.4. The minimum Gasteiger partial charge on any atom is -0.481 e. The average Bonchev–Trinajstić information content (AvgIpc) is 3.91. The van der Waals surface area contributed by atoms with E-state index in [9.17, 15) is 43.5 Å². The van der Waals surface area contributed by atoms with Crippen LogP contribution in [0.4, 0.5) is 10.5 Å². The number of likely N-dealkylation sites (tertiary alicyclic amines) is 1. The fraction of sp³-hybridized carbons (Fsp3) is 0.667. The van der Waals surface area contributed by atoms with Gasteiger partial charge in [-0.1, -0.05) is 67.0 Å². The second-order valence-corrected chi connectivity index (χ2v) is 21.8. The number of nitrogens with zero attached hydrogens (tertiary/aromatic N) is 3. The molecule has 6 N–H and O–H groups in total. The van der Waals surface area contributed by atoms with E-state index in [1.807, 2.05) is 46.6 Å². The van der Waals surface area contributed by atoms with Gasteiger partial charge in [0, 0.05) is 43.5 Å². The van der Waals surface area contributed by atoms with Gasteiger partial charge in [0.1, 0.15) is 34.4 Å². The van der Waals surface area contributed by atoms with Crippen LogP contribution in [-0.4, -0.2) is 129 Å². The average molecular weight is 1010 g/mol. The Morgan fingerprint density at radius 1 is 0.887 bits per heavy atom. The predicted molar refractivity (Wildman–Crippen MR) is 271 cm³/mol. The Morgan fingerprint density at radius 2 is 1.52 bits per heavy atom. The van der Waals surface area contributed by atoms with E-state index in [-0.39, 0.29) is 54.5 Å². The van der Waals surface area contributed by atoms with E-state index >= 15 is 0 Å². The number of aromatic nitrogens is 1. The summed E-state index contributed by atoms with van der Waals surface area (Å²) in [6.45, 7) is 23.5. The van der Waals surface area contributed by atoms with Crippen molar-refractivity contribution in [1.29, 1.82) is 0 Å². The van der Waals surface area contributed by atoms with E-state index in [0.717, 1.165) is 29.9 Å². The molecule has 3 rings (SSSR count). The van der Waals surface area contributed by atoms with Gasteiger partial charge in [0.2, 0.25) is 23.6 Å². The van der Waals surface area contributed by atoms with Gasteiger partial charge in [-0.3, -0.25) is 38.5 Å². The molecule has 1 aliphatic heterocycles. The molecule has 0 bridgehead atoms. The number of anilines is 1. The molecule has 1 saturated heterocycles. The van der Waals surface area contributed by atoms with E-state index in [4.69, 9.17) is 9.47 Å². The molecule has 19 nitrogen and oxygen atoms in total. The molecule has 0 unspecified atom stereocenters. The van der Waals surface area contributed by atoms with E-state index in [2.05, 4.69) is 31.6 Å². The zero-order valence-corrected chi connectivity index (χ0v) is 45.2. The summed E-state index contributed by atoms with van der Waals surface area (Å²) >= 11 is 1.12. The highest BCUT2D eigenvalue weighted by Crippen LogP contribution is 2.32. The molecule has 1 aromatic carbocycles. The molecule has 1 aliphatic rings. The molecule has 2 aromatic rings. The van der Waals surface area contributed by atoms with E-state index in [1.165, 1.54) is 19.2 Å². The van der Waals surface area contributed by atoms with Crippen molar-refractivity contribution in [2.24, 2.45) is 23.7 Å². The summed E-state index contributed by atoms with van der Waals surface area (Å²) in [5.74, 6) is -5.13. The second-order valence-electron chi connectivity index (χ2n) is 20.9. The molecule has 9 atom stereocenters. The van der Waals surface area contributed by atoms with Gasteiger partial charge in [-0.15, -0.1) is 11.3 Å². The van der Waals surface area contributed by atoms with Crippen LogP contribution < -0.4 is 26.6 Å². The molecule has 1 fully saturated rings. The molecule has 0 aliphatic carbocycles. The lowest BCUT2D eigenvalue weighted by molar-refractivity contribution is -0.149. The molecule has 396 valence electrons. The van der Waals surface area contributed by atoms with Crippen LogP contribution in [0.15, 0.2) is 29.6 Å². The number of carboxylic acids is 1. The molecular formula is C51H80N8O11S. The number of benzene rings is 1. The van der Waals surface area contributed by atoms with Gasteiger partial charge >= 0.3 is 18.0 Å². The number of carbonyl (C=O) groups excluding carboxylic acids is 7. The fourth-order valence-electron chi connectivity index (χ4n) is 8.36. The lowest BCUT2D eigenvalue weighted by Crippen LogP contribution is -2.60. The number of aliphatic carboxylic acids is 1. The van der Waals surface area contributed by atoms with Gasteiger partial charge in [-0.25, -0.2) is 9.78 Å². The molecular weight excluding hydrogens is 933 g/mol. The van der Waals surface area contributed by atoms with Gasteiger partial charge in [-0.05, 0) is 109 Å². The molecule has 0 saturated carbocycles. The molecule has 2 heterocycles. The van der Waals surface area contributed by atoms with E-state index in [1.54, 1.807) is 77.8 Å². The summed E-state index contributed by atoms with van der Waals surface area (Å²) in [4.78, 5) is 113. The summed E-state index contributed by atoms with van der Waals surface area (Å²) in [7, 11) is 3.60. The van der Waals surface area contributed by atoms with Gasteiger partial charge in [0.05, 0.1) is 11.5 Å². The van der Waals surface area contributed by atoms with Crippen LogP contribution in [0.1, 0.15) is 149 Å². The maximum absolute atomic E-state index is 14.4. The fourth-order valence-corrected chi connectivity index (χ4v) is 9.20. The first-order valence-electron chi connectivity index (χ1n) is 24.6. The van der Waals surface area contributed by atoms with Crippen LogP contribution in [0.2, 0.25) is 0 Å². The number of esters is 1. The summed E-state index contributed by atoms with van der Waals surface area (Å²) < 4.78 is 11.1. The quantitative estimate of drug-likeness (QED) is 0.0653. The number of hydrogen-bond acceptors (Lipinski definition) is 13. The van der Waals surface area contributed by atoms with Crippen molar-refractivity contribution in [3.63, 3.8) is 0 Å². The van der Waals surface area contributed by atoms with E-state index < -0.39 is 89.1 Å². The number of amides is 6. The predicted octanol–water partition coefficient (Wildman–Crippen LogP) is 6.08. The topological polar surface area (TPSA) is 255 Å². The smallest absolute Gasteiger partial charge is 0.408 e. The Hall–Kier alpha value is -5.63. The first-order chi connectivity index (χ1) is 33.0. The zero-order chi connectivity index (χ0) is 53.7. The van der Waals surface area contributed by atoms with Crippen molar-refractivity contribution in [2.45, 2.75) is 176 Å². The number of hydrogen-bond donors (Lipinski definition) is 6. The number of carboxylic acid groups (broad SMARTS) is 1. The van der Waals surface area contributed by atoms with Crippen LogP contribution in [0.5, 0.6) is 0 Å². The lowest BCUT2D eigenvalue weighted by Gasteiger charge is -2.38. The third kappa shape index (κ3) is 17.6. The van der Waals surface area contributed by atoms with Crippen molar-refractivity contribution in [2.75, 3.05) is 26.0 Å². The van der Waals surface area contributed by atoms with Crippen LogP contribution in [0.3, 0.4) is 0 Å². The third-order valence-electron chi connectivity index (χ3n) is 13.1.